The van der Waals surface area contributed by atoms with Crippen LogP contribution in [0, 0.1) is 0 Å². The summed E-state index contributed by atoms with van der Waals surface area (Å²) in [4.78, 5) is 7.05. The molecule has 2 rings (SSSR count). The maximum absolute atomic E-state index is 5.86. The van der Waals surface area contributed by atoms with Crippen LogP contribution in [0.1, 0.15) is 48.8 Å². The van der Waals surface area contributed by atoms with Gasteiger partial charge in [0.2, 0.25) is 0 Å². The molecule has 1 aliphatic carbocycles. The van der Waals surface area contributed by atoms with E-state index in [0.717, 1.165) is 38.5 Å². The number of nitrogens with zero attached hydrogens (tertiary/aromatic N) is 1. The van der Waals surface area contributed by atoms with Gasteiger partial charge < -0.3 is 15.4 Å². The van der Waals surface area contributed by atoms with E-state index in [2.05, 4.69) is 34.7 Å². The lowest BCUT2D eigenvalue weighted by Gasteiger charge is -2.13. The second kappa shape index (κ2) is 9.85. The molecule has 1 saturated carbocycles. The third-order valence-corrected chi connectivity index (χ3v) is 5.22. The van der Waals surface area contributed by atoms with Crippen LogP contribution >= 0.6 is 11.3 Å². The fourth-order valence-electron chi connectivity index (χ4n) is 2.68. The van der Waals surface area contributed by atoms with Crippen LogP contribution in [0.4, 0.5) is 0 Å². The minimum absolute atomic E-state index is 0.518. The highest BCUT2D eigenvalue weighted by Gasteiger charge is 2.14. The summed E-state index contributed by atoms with van der Waals surface area (Å²) in [6.07, 6.45) is 7.82. The lowest BCUT2D eigenvalue weighted by atomic mass is 10.3. The normalized spacial score (nSPS) is 16.2. The molecule has 0 bridgehead atoms. The van der Waals surface area contributed by atoms with E-state index in [1.807, 2.05) is 18.4 Å². The first-order valence-corrected chi connectivity index (χ1v) is 9.27. The van der Waals surface area contributed by atoms with Crippen molar-refractivity contribution >= 4 is 17.3 Å². The molecule has 1 aliphatic rings. The van der Waals surface area contributed by atoms with Crippen LogP contribution in [0.15, 0.2) is 17.1 Å². The van der Waals surface area contributed by atoms with Crippen molar-refractivity contribution in [2.45, 2.75) is 58.1 Å². The van der Waals surface area contributed by atoms with Crippen molar-refractivity contribution in [3.8, 4) is 0 Å². The Kier molecular flexibility index (Phi) is 7.74. The smallest absolute Gasteiger partial charge is 0.191 e. The SMILES string of the molecule is CCc1ccc(CNC(=NC)NCCCOC2CCCC2)s1. The van der Waals surface area contributed by atoms with E-state index in [4.69, 9.17) is 4.74 Å². The van der Waals surface area contributed by atoms with Crippen molar-refractivity contribution in [3.63, 3.8) is 0 Å². The zero-order valence-electron chi connectivity index (χ0n) is 13.9. The number of rotatable bonds is 8. The highest BCUT2D eigenvalue weighted by molar-refractivity contribution is 7.11. The Morgan fingerprint density at radius 2 is 2.05 bits per heavy atom. The molecule has 0 radical (unpaired) electrons. The van der Waals surface area contributed by atoms with E-state index in [-0.39, 0.29) is 0 Å². The molecule has 2 N–H and O–H groups in total. The Labute approximate surface area is 138 Å². The van der Waals surface area contributed by atoms with Gasteiger partial charge in [-0.25, -0.2) is 0 Å². The monoisotopic (exact) mass is 323 g/mol. The van der Waals surface area contributed by atoms with Crippen LogP contribution in [0.5, 0.6) is 0 Å². The van der Waals surface area contributed by atoms with Crippen LogP contribution in [0.25, 0.3) is 0 Å². The summed E-state index contributed by atoms with van der Waals surface area (Å²) in [5, 5.41) is 6.71. The quantitative estimate of drug-likeness (QED) is 0.438. The van der Waals surface area contributed by atoms with Crippen LogP contribution in [-0.2, 0) is 17.7 Å². The molecule has 0 spiro atoms. The standard InChI is InChI=1S/C17H29N3OS/c1-3-15-9-10-16(22-15)13-20-17(18-2)19-11-6-12-21-14-7-4-5-8-14/h9-10,14H,3-8,11-13H2,1-2H3,(H2,18,19,20). The van der Waals surface area contributed by atoms with Crippen LogP contribution in [0.2, 0.25) is 0 Å². The van der Waals surface area contributed by atoms with E-state index in [1.165, 1.54) is 35.4 Å². The Morgan fingerprint density at radius 3 is 2.73 bits per heavy atom. The number of hydrogen-bond donors (Lipinski definition) is 2. The van der Waals surface area contributed by atoms with Crippen molar-refractivity contribution in [2.24, 2.45) is 4.99 Å². The first-order valence-electron chi connectivity index (χ1n) is 8.45. The van der Waals surface area contributed by atoms with Gasteiger partial charge >= 0.3 is 0 Å². The third kappa shape index (κ3) is 5.97. The number of hydrogen-bond acceptors (Lipinski definition) is 3. The molecule has 0 atom stereocenters. The molecule has 0 saturated heterocycles. The van der Waals surface area contributed by atoms with Gasteiger partial charge in [-0.1, -0.05) is 19.8 Å². The molecule has 0 unspecified atom stereocenters. The molecule has 0 aliphatic heterocycles. The van der Waals surface area contributed by atoms with Gasteiger partial charge in [0.05, 0.1) is 12.6 Å². The van der Waals surface area contributed by atoms with E-state index >= 15 is 0 Å². The molecule has 1 fully saturated rings. The van der Waals surface area contributed by atoms with E-state index < -0.39 is 0 Å². The number of ether oxygens (including phenoxy) is 1. The summed E-state index contributed by atoms with van der Waals surface area (Å²) in [7, 11) is 1.82. The summed E-state index contributed by atoms with van der Waals surface area (Å²) in [6.45, 7) is 4.77. The molecular weight excluding hydrogens is 294 g/mol. The summed E-state index contributed by atoms with van der Waals surface area (Å²) < 4.78 is 5.86. The highest BCUT2D eigenvalue weighted by atomic mass is 32.1. The Balaban J connectivity index is 1.56. The molecule has 1 aromatic rings. The predicted molar refractivity (Wildman–Crippen MR) is 94.7 cm³/mol. The zero-order valence-corrected chi connectivity index (χ0v) is 14.7. The average Bonchev–Trinajstić information content (AvgIpc) is 3.21. The van der Waals surface area contributed by atoms with E-state index in [0.29, 0.717) is 6.10 Å². The van der Waals surface area contributed by atoms with Crippen LogP contribution in [0.3, 0.4) is 0 Å². The maximum Gasteiger partial charge on any atom is 0.191 e. The Bertz CT molecular complexity index is 453. The van der Waals surface area contributed by atoms with Gasteiger partial charge in [0.15, 0.2) is 5.96 Å². The molecule has 1 heterocycles. The second-order valence-electron chi connectivity index (χ2n) is 5.70. The minimum atomic E-state index is 0.518. The average molecular weight is 324 g/mol. The number of nitrogens with one attached hydrogen (secondary N) is 2. The number of aryl methyl sites for hydroxylation is 1. The Morgan fingerprint density at radius 1 is 1.27 bits per heavy atom. The topological polar surface area (TPSA) is 45.7 Å². The molecule has 4 nitrogen and oxygen atoms in total. The third-order valence-electron chi connectivity index (χ3n) is 3.99. The van der Waals surface area contributed by atoms with Crippen molar-refractivity contribution in [1.82, 2.24) is 10.6 Å². The fraction of sp³-hybridized carbons (Fsp3) is 0.706. The van der Waals surface area contributed by atoms with E-state index in [9.17, 15) is 0 Å². The van der Waals surface area contributed by atoms with Crippen molar-refractivity contribution in [3.05, 3.63) is 21.9 Å². The zero-order chi connectivity index (χ0) is 15.6. The predicted octanol–water partition coefficient (Wildman–Crippen LogP) is 3.32. The van der Waals surface area contributed by atoms with Crippen molar-refractivity contribution in [2.75, 3.05) is 20.2 Å². The van der Waals surface area contributed by atoms with Gasteiger partial charge in [-0.15, -0.1) is 11.3 Å². The first-order chi connectivity index (χ1) is 10.8. The van der Waals surface area contributed by atoms with Gasteiger partial charge in [-0.3, -0.25) is 4.99 Å². The fourth-order valence-corrected chi connectivity index (χ4v) is 3.58. The largest absolute Gasteiger partial charge is 0.378 e. The van der Waals surface area contributed by atoms with Gasteiger partial charge in [-0.2, -0.15) is 0 Å². The van der Waals surface area contributed by atoms with Crippen molar-refractivity contribution in [1.29, 1.82) is 0 Å². The second-order valence-corrected chi connectivity index (χ2v) is 6.96. The number of thiophene rings is 1. The van der Waals surface area contributed by atoms with Crippen LogP contribution < -0.4 is 10.6 Å². The van der Waals surface area contributed by atoms with E-state index in [1.54, 1.807) is 0 Å². The molecule has 124 valence electrons. The minimum Gasteiger partial charge on any atom is -0.378 e. The summed E-state index contributed by atoms with van der Waals surface area (Å²) in [5.41, 5.74) is 0. The molecule has 0 amide bonds. The summed E-state index contributed by atoms with van der Waals surface area (Å²) >= 11 is 1.87. The maximum atomic E-state index is 5.86. The highest BCUT2D eigenvalue weighted by Crippen LogP contribution is 2.20. The molecule has 5 heteroatoms. The summed E-state index contributed by atoms with van der Waals surface area (Å²) in [6, 6.07) is 4.40. The lowest BCUT2D eigenvalue weighted by Crippen LogP contribution is -2.37. The summed E-state index contributed by atoms with van der Waals surface area (Å²) in [5.74, 6) is 0.868. The molecule has 0 aromatic carbocycles. The van der Waals surface area contributed by atoms with Crippen molar-refractivity contribution < 1.29 is 4.74 Å². The Hall–Kier alpha value is -1.07. The van der Waals surface area contributed by atoms with Gasteiger partial charge in [0, 0.05) is 30.0 Å². The molecule has 22 heavy (non-hydrogen) atoms. The van der Waals surface area contributed by atoms with Gasteiger partial charge in [0.1, 0.15) is 0 Å². The number of aliphatic imine (C=N–C) groups is 1. The van der Waals surface area contributed by atoms with Gasteiger partial charge in [-0.05, 0) is 37.8 Å². The molecule has 1 aromatic heterocycles. The number of guanidine groups is 1. The van der Waals surface area contributed by atoms with Crippen LogP contribution in [-0.4, -0.2) is 32.3 Å². The van der Waals surface area contributed by atoms with Gasteiger partial charge in [0.25, 0.3) is 0 Å². The first kappa shape index (κ1) is 17.3. The lowest BCUT2D eigenvalue weighted by molar-refractivity contribution is 0.0574. The molecular formula is C17H29N3OS.